The largest absolute Gasteiger partial charge is 0.457 e. The zero-order valence-electron chi connectivity index (χ0n) is 31.6. The first-order chi connectivity index (χ1) is 22.3. The second-order valence-corrected chi connectivity index (χ2v) is 16.7. The van der Waals surface area contributed by atoms with Crippen LogP contribution in [-0.4, -0.2) is 120 Å². The number of ketones is 1. The number of aliphatic hydroxyl groups excluding tert-OH is 1. The van der Waals surface area contributed by atoms with Crippen LogP contribution in [0.4, 0.5) is 0 Å². The van der Waals surface area contributed by atoms with Gasteiger partial charge in [0.15, 0.2) is 17.7 Å². The van der Waals surface area contributed by atoms with Gasteiger partial charge in [-0.3, -0.25) is 19.3 Å². The Kier molecular flexibility index (Phi) is 12.2. The molecular formula is C37H64N2O9. The van der Waals surface area contributed by atoms with Gasteiger partial charge < -0.3 is 33.7 Å². The topological polar surface area (TPSA) is 124 Å². The van der Waals surface area contributed by atoms with Crippen molar-refractivity contribution in [1.29, 1.82) is 0 Å². The number of hydrogen-bond donors (Lipinski definition) is 1. The van der Waals surface area contributed by atoms with Gasteiger partial charge in [0.05, 0.1) is 24.2 Å². The molecule has 0 aromatic carbocycles. The first-order valence-electron chi connectivity index (χ1n) is 18.3. The molecule has 2 bridgehead atoms. The third-order valence-corrected chi connectivity index (χ3v) is 11.8. The van der Waals surface area contributed by atoms with Gasteiger partial charge in [-0.15, -0.1) is 0 Å². The summed E-state index contributed by atoms with van der Waals surface area (Å²) in [6.45, 7) is 21.5. The average Bonchev–Trinajstić information content (AvgIpc) is 3.31. The van der Waals surface area contributed by atoms with Gasteiger partial charge in [0.25, 0.3) is 0 Å². The van der Waals surface area contributed by atoms with Gasteiger partial charge in [0.1, 0.15) is 17.6 Å². The predicted molar refractivity (Wildman–Crippen MR) is 181 cm³/mol. The third-order valence-electron chi connectivity index (χ3n) is 11.8. The van der Waals surface area contributed by atoms with Crippen LogP contribution in [0.2, 0.25) is 0 Å². The Hall–Kier alpha value is -1.63. The molecule has 5 rings (SSSR count). The molecule has 5 fully saturated rings. The highest BCUT2D eigenvalue weighted by Crippen LogP contribution is 2.46. The number of esters is 2. The van der Waals surface area contributed by atoms with Gasteiger partial charge in [0.2, 0.25) is 0 Å². The van der Waals surface area contributed by atoms with Gasteiger partial charge >= 0.3 is 11.9 Å². The van der Waals surface area contributed by atoms with E-state index in [9.17, 15) is 19.5 Å². The molecule has 11 heteroatoms. The second-order valence-electron chi connectivity index (χ2n) is 16.7. The summed E-state index contributed by atoms with van der Waals surface area (Å²) in [6.07, 6.45) is -1.70. The molecular weight excluding hydrogens is 616 g/mol. The van der Waals surface area contributed by atoms with Crippen LogP contribution in [0.25, 0.3) is 0 Å². The number of likely N-dealkylation sites (N-methyl/N-ethyl adjacent to an activating group) is 1. The first-order valence-corrected chi connectivity index (χ1v) is 18.3. The molecule has 276 valence electrons. The lowest BCUT2D eigenvalue weighted by Gasteiger charge is -2.49. The maximum absolute atomic E-state index is 14.7. The van der Waals surface area contributed by atoms with E-state index in [1.54, 1.807) is 13.8 Å². The normalized spacial score (nSPS) is 45.4. The summed E-state index contributed by atoms with van der Waals surface area (Å²) in [5.41, 5.74) is -3.53. The minimum atomic E-state index is -1.53. The van der Waals surface area contributed by atoms with Gasteiger partial charge in [-0.1, -0.05) is 34.6 Å². The molecule has 5 saturated heterocycles. The van der Waals surface area contributed by atoms with Crippen molar-refractivity contribution in [1.82, 2.24) is 9.80 Å². The van der Waals surface area contributed by atoms with Crippen molar-refractivity contribution in [2.24, 2.45) is 29.1 Å². The Labute approximate surface area is 288 Å². The summed E-state index contributed by atoms with van der Waals surface area (Å²) in [7, 11) is 3.85. The van der Waals surface area contributed by atoms with Gasteiger partial charge in [0, 0.05) is 43.6 Å². The highest BCUT2D eigenvalue weighted by Gasteiger charge is 2.59. The van der Waals surface area contributed by atoms with E-state index in [1.807, 2.05) is 46.7 Å². The number of nitrogens with zero attached hydrogens (tertiary/aromatic N) is 2. The summed E-state index contributed by atoms with van der Waals surface area (Å²) < 4.78 is 32.1. The lowest BCUT2D eigenvalue weighted by atomic mass is 9.70. The molecule has 0 saturated carbocycles. The van der Waals surface area contributed by atoms with E-state index in [-0.39, 0.29) is 61.2 Å². The average molecular weight is 681 g/mol. The molecule has 48 heavy (non-hydrogen) atoms. The highest BCUT2D eigenvalue weighted by molar-refractivity contribution is 6.04. The van der Waals surface area contributed by atoms with E-state index >= 15 is 0 Å². The quantitative estimate of drug-likeness (QED) is 0.321. The summed E-state index contributed by atoms with van der Waals surface area (Å²) >= 11 is 0. The number of hydrogen-bond acceptors (Lipinski definition) is 11. The lowest BCUT2D eigenvalue weighted by Crippen LogP contribution is -2.61. The number of ether oxygens (including phenoxy) is 5. The molecule has 5 aliphatic rings. The summed E-state index contributed by atoms with van der Waals surface area (Å²) in [6, 6.07) is -0.256. The van der Waals surface area contributed by atoms with Crippen molar-refractivity contribution in [2.45, 2.75) is 155 Å². The van der Waals surface area contributed by atoms with Crippen LogP contribution in [0, 0.1) is 29.1 Å². The maximum atomic E-state index is 14.7. The molecule has 0 aromatic rings. The standard InChI is InChI=1S/C37H64N2O9/c1-13-28-37(10)26(17-29(40)48-37)25(7)39(19-21(2)3)20-22(4)18-36(9)32(47-33-30(41)27(38(11)12)16-23(5)45-33)24(6)31(42)35(8,14-15-44-36)34(43)46-28/h21-28,30,32-33,41H,13-20H2,1-12H3/t22-,23?,24+,25-,26-,27?,28-,30?,32-,33+,35+,36+,37+/m1/s1. The fraction of sp³-hybridized carbons (Fsp3) is 0.919. The van der Waals surface area contributed by atoms with Crippen LogP contribution in [-0.2, 0) is 38.1 Å². The number of carbonyl (C=O) groups is 3. The van der Waals surface area contributed by atoms with E-state index in [4.69, 9.17) is 23.7 Å². The fourth-order valence-corrected chi connectivity index (χ4v) is 9.15. The Balaban J connectivity index is 1.82. The zero-order chi connectivity index (χ0) is 35.9. The van der Waals surface area contributed by atoms with Gasteiger partial charge in [-0.25, -0.2) is 0 Å². The van der Waals surface area contributed by atoms with Crippen molar-refractivity contribution in [3.63, 3.8) is 0 Å². The Morgan fingerprint density at radius 2 is 1.75 bits per heavy atom. The van der Waals surface area contributed by atoms with E-state index in [0.29, 0.717) is 31.7 Å². The summed E-state index contributed by atoms with van der Waals surface area (Å²) in [5.74, 6) is -1.81. The van der Waals surface area contributed by atoms with E-state index in [0.717, 1.165) is 6.54 Å². The molecule has 11 nitrogen and oxygen atoms in total. The van der Waals surface area contributed by atoms with E-state index < -0.39 is 53.1 Å². The fourth-order valence-electron chi connectivity index (χ4n) is 9.15. The monoisotopic (exact) mass is 680 g/mol. The molecule has 1 N–H and O–H groups in total. The van der Waals surface area contributed by atoms with E-state index in [2.05, 4.69) is 32.6 Å². The molecule has 0 spiro atoms. The highest BCUT2D eigenvalue weighted by atomic mass is 16.7. The molecule has 5 aliphatic heterocycles. The molecule has 0 amide bonds. The predicted octanol–water partition coefficient (Wildman–Crippen LogP) is 4.22. The first kappa shape index (κ1) is 39.2. The summed E-state index contributed by atoms with van der Waals surface area (Å²) in [4.78, 5) is 46.3. The minimum Gasteiger partial charge on any atom is -0.457 e. The van der Waals surface area contributed by atoms with Crippen LogP contribution in [0.15, 0.2) is 0 Å². The van der Waals surface area contributed by atoms with Crippen molar-refractivity contribution >= 4 is 17.7 Å². The molecule has 3 unspecified atom stereocenters. The van der Waals surface area contributed by atoms with Crippen molar-refractivity contribution < 1.29 is 43.2 Å². The number of aliphatic hydroxyl groups is 1. The van der Waals surface area contributed by atoms with E-state index in [1.165, 1.54) is 0 Å². The Morgan fingerprint density at radius 3 is 2.35 bits per heavy atom. The lowest BCUT2D eigenvalue weighted by molar-refractivity contribution is -0.300. The van der Waals surface area contributed by atoms with Crippen molar-refractivity contribution in [3.8, 4) is 0 Å². The van der Waals surface area contributed by atoms with Gasteiger partial charge in [-0.2, -0.15) is 0 Å². The second kappa shape index (κ2) is 14.9. The molecule has 0 radical (unpaired) electrons. The SMILES string of the molecule is CC[C@H]1OC(=O)[C@@]2(C)CCO[C@@](C)(C[C@@H](C)CN(CC(C)C)[C@H](C)[C@H]3CC(=O)O[C@@]31C)[C@H](O[C@@H]1OC(C)CC(N(C)C)C1O)[C@@H](C)C2=O. The van der Waals surface area contributed by atoms with Crippen LogP contribution in [0.1, 0.15) is 101 Å². The molecule has 13 atom stereocenters. The Bertz CT molecular complexity index is 1170. The zero-order valence-corrected chi connectivity index (χ0v) is 31.6. The molecule has 0 aliphatic carbocycles. The van der Waals surface area contributed by atoms with Crippen molar-refractivity contribution in [2.75, 3.05) is 33.8 Å². The van der Waals surface area contributed by atoms with Gasteiger partial charge in [-0.05, 0) is 86.2 Å². The number of fused-ring (bicyclic) bond motifs is 10. The minimum absolute atomic E-state index is 0.0595. The number of carbonyl (C=O) groups excluding carboxylic acids is 3. The van der Waals surface area contributed by atoms with Crippen LogP contribution in [0.5, 0.6) is 0 Å². The van der Waals surface area contributed by atoms with Crippen LogP contribution < -0.4 is 0 Å². The molecule has 0 aromatic heterocycles. The van der Waals surface area contributed by atoms with Crippen LogP contribution >= 0.6 is 0 Å². The van der Waals surface area contributed by atoms with Crippen LogP contribution in [0.3, 0.4) is 0 Å². The number of rotatable bonds is 6. The summed E-state index contributed by atoms with van der Waals surface area (Å²) in [5, 5.41) is 11.5. The number of Topliss-reactive ketones (excluding diaryl/α,β-unsaturated/α-hetero) is 1. The third kappa shape index (κ3) is 7.66. The maximum Gasteiger partial charge on any atom is 0.319 e. The van der Waals surface area contributed by atoms with Crippen molar-refractivity contribution in [3.05, 3.63) is 0 Å². The molecule has 5 heterocycles. The Morgan fingerprint density at radius 1 is 1.08 bits per heavy atom. The smallest absolute Gasteiger partial charge is 0.319 e.